The molecule has 4 nitrogen and oxygen atoms in total. The lowest BCUT2D eigenvalue weighted by Crippen LogP contribution is -2.35. The number of benzene rings is 2. The summed E-state index contributed by atoms with van der Waals surface area (Å²) in [5, 5.41) is 3.75. The maximum atomic E-state index is 12.9. The summed E-state index contributed by atoms with van der Waals surface area (Å²) in [6.45, 7) is 7.59. The first-order chi connectivity index (χ1) is 14.6. The molecule has 1 amide bonds. The normalized spacial score (nSPS) is 21.7. The topological polar surface area (TPSA) is 41.6 Å². The van der Waals surface area contributed by atoms with Crippen LogP contribution in [0.5, 0.6) is 11.5 Å². The zero-order valence-electron chi connectivity index (χ0n) is 18.1. The van der Waals surface area contributed by atoms with Crippen LogP contribution in [0.4, 0.5) is 0 Å². The first-order valence-corrected chi connectivity index (χ1v) is 11.3. The van der Waals surface area contributed by atoms with Gasteiger partial charge in [0.1, 0.15) is 11.5 Å². The average Bonchev–Trinajstić information content (AvgIpc) is 3.10. The molecular weight excluding hydrogens is 372 g/mol. The minimum atomic E-state index is 0.0650. The average molecular weight is 403 g/mol. The Kier molecular flexibility index (Phi) is 4.90. The van der Waals surface area contributed by atoms with E-state index in [1.54, 1.807) is 0 Å². The van der Waals surface area contributed by atoms with Gasteiger partial charge < -0.3 is 15.0 Å². The van der Waals surface area contributed by atoms with E-state index < -0.39 is 0 Å². The van der Waals surface area contributed by atoms with Crippen molar-refractivity contribution < 1.29 is 9.53 Å². The van der Waals surface area contributed by atoms with Gasteiger partial charge in [-0.05, 0) is 82.4 Å². The van der Waals surface area contributed by atoms with E-state index in [0.717, 1.165) is 29.9 Å². The Morgan fingerprint density at radius 3 is 2.43 bits per heavy atom. The lowest BCUT2D eigenvalue weighted by molar-refractivity contribution is 0.0772. The van der Waals surface area contributed by atoms with Crippen molar-refractivity contribution in [2.45, 2.75) is 58.5 Å². The molecule has 4 heteroatoms. The fourth-order valence-electron chi connectivity index (χ4n) is 5.32. The molecule has 2 unspecified atom stereocenters. The van der Waals surface area contributed by atoms with Crippen LogP contribution >= 0.6 is 0 Å². The van der Waals surface area contributed by atoms with Crippen LogP contribution in [0.2, 0.25) is 0 Å². The number of nitrogens with one attached hydrogen (secondary N) is 1. The Hall–Kier alpha value is -2.59. The molecule has 3 heterocycles. The molecule has 2 aromatic carbocycles. The molecule has 2 aromatic rings. The SMILES string of the molecule is CCN(CC)C(=O)c1ccc2c(c1)Oc1ccc(C)cc1C2=C1CC2CCC(C1)N2. The van der Waals surface area contributed by atoms with E-state index in [0.29, 0.717) is 30.7 Å². The highest BCUT2D eigenvalue weighted by molar-refractivity contribution is 5.97. The maximum Gasteiger partial charge on any atom is 0.253 e. The van der Waals surface area contributed by atoms with Gasteiger partial charge in [-0.25, -0.2) is 0 Å². The summed E-state index contributed by atoms with van der Waals surface area (Å²) in [6, 6.07) is 13.6. The molecule has 30 heavy (non-hydrogen) atoms. The van der Waals surface area contributed by atoms with E-state index >= 15 is 0 Å². The largest absolute Gasteiger partial charge is 0.456 e. The number of aryl methyl sites for hydroxylation is 1. The molecular formula is C26H30N2O2. The first-order valence-electron chi connectivity index (χ1n) is 11.3. The Morgan fingerprint density at radius 2 is 1.73 bits per heavy atom. The van der Waals surface area contributed by atoms with Crippen molar-refractivity contribution in [3.8, 4) is 11.5 Å². The minimum absolute atomic E-state index is 0.0650. The third kappa shape index (κ3) is 3.24. The second-order valence-corrected chi connectivity index (χ2v) is 8.81. The number of hydrogen-bond donors (Lipinski definition) is 1. The standard InChI is InChI=1S/C26H30N2O2/c1-4-28(5-2)26(29)17-7-10-21-24(15-17)30-23-11-6-16(3)12-22(23)25(21)18-13-19-8-9-20(14-18)27-19/h6-7,10-12,15,19-20,27H,4-5,8-9,13-14H2,1-3H3. The number of nitrogens with zero attached hydrogens (tertiary/aromatic N) is 1. The lowest BCUT2D eigenvalue weighted by Gasteiger charge is -2.31. The van der Waals surface area contributed by atoms with Gasteiger partial charge in [0.25, 0.3) is 5.91 Å². The predicted octanol–water partition coefficient (Wildman–Crippen LogP) is 5.30. The van der Waals surface area contributed by atoms with Crippen molar-refractivity contribution in [2.75, 3.05) is 13.1 Å². The highest BCUT2D eigenvalue weighted by atomic mass is 16.5. The number of hydrogen-bond acceptors (Lipinski definition) is 3. The van der Waals surface area contributed by atoms with Crippen LogP contribution in [-0.4, -0.2) is 36.0 Å². The Morgan fingerprint density at radius 1 is 1.00 bits per heavy atom. The Labute approximate surface area is 178 Å². The van der Waals surface area contributed by atoms with Crippen LogP contribution in [0.15, 0.2) is 42.0 Å². The molecule has 0 radical (unpaired) electrons. The van der Waals surface area contributed by atoms with E-state index in [9.17, 15) is 4.79 Å². The highest BCUT2D eigenvalue weighted by Gasteiger charge is 2.34. The van der Waals surface area contributed by atoms with Gasteiger partial charge >= 0.3 is 0 Å². The van der Waals surface area contributed by atoms with Crippen LogP contribution < -0.4 is 10.1 Å². The van der Waals surface area contributed by atoms with E-state index in [1.165, 1.54) is 35.1 Å². The molecule has 0 saturated carbocycles. The number of rotatable bonds is 3. The lowest BCUT2D eigenvalue weighted by atomic mass is 9.84. The summed E-state index contributed by atoms with van der Waals surface area (Å²) < 4.78 is 6.34. The summed E-state index contributed by atoms with van der Waals surface area (Å²) >= 11 is 0. The molecule has 0 spiro atoms. The monoisotopic (exact) mass is 402 g/mol. The smallest absolute Gasteiger partial charge is 0.253 e. The van der Waals surface area contributed by atoms with Crippen molar-refractivity contribution >= 4 is 11.5 Å². The Bertz CT molecular complexity index is 1020. The van der Waals surface area contributed by atoms with Gasteiger partial charge in [-0.1, -0.05) is 17.2 Å². The molecule has 2 bridgehead atoms. The molecule has 2 fully saturated rings. The number of ether oxygens (including phenoxy) is 1. The number of fused-ring (bicyclic) bond motifs is 4. The summed E-state index contributed by atoms with van der Waals surface area (Å²) in [5.74, 6) is 1.77. The Balaban J connectivity index is 1.64. The van der Waals surface area contributed by atoms with Crippen molar-refractivity contribution in [1.29, 1.82) is 0 Å². The van der Waals surface area contributed by atoms with Gasteiger partial charge in [-0.3, -0.25) is 4.79 Å². The predicted molar refractivity (Wildman–Crippen MR) is 120 cm³/mol. The summed E-state index contributed by atoms with van der Waals surface area (Å²) in [5.41, 5.74) is 7.12. The fourth-order valence-corrected chi connectivity index (χ4v) is 5.32. The van der Waals surface area contributed by atoms with Crippen LogP contribution in [0.1, 0.15) is 66.6 Å². The molecule has 156 valence electrons. The van der Waals surface area contributed by atoms with E-state index in [1.807, 2.05) is 30.9 Å². The number of piperidine rings is 1. The van der Waals surface area contributed by atoms with Crippen LogP contribution in [0.3, 0.4) is 0 Å². The molecule has 3 aliphatic heterocycles. The highest BCUT2D eigenvalue weighted by Crippen LogP contribution is 2.48. The van der Waals surface area contributed by atoms with Gasteiger partial charge in [0, 0.05) is 41.9 Å². The number of carbonyl (C=O) groups is 1. The summed E-state index contributed by atoms with van der Waals surface area (Å²) in [6.07, 6.45) is 4.73. The fraction of sp³-hybridized carbons (Fsp3) is 0.423. The molecule has 2 saturated heterocycles. The van der Waals surface area contributed by atoms with Gasteiger partial charge in [-0.15, -0.1) is 0 Å². The quantitative estimate of drug-likeness (QED) is 0.646. The van der Waals surface area contributed by atoms with E-state index in [-0.39, 0.29) is 5.91 Å². The first kappa shape index (κ1) is 19.4. The molecule has 0 aliphatic carbocycles. The molecule has 1 N–H and O–H groups in total. The molecule has 3 aliphatic rings. The second kappa shape index (κ2) is 7.59. The van der Waals surface area contributed by atoms with Gasteiger partial charge in [-0.2, -0.15) is 0 Å². The van der Waals surface area contributed by atoms with Crippen LogP contribution in [0.25, 0.3) is 5.57 Å². The second-order valence-electron chi connectivity index (χ2n) is 8.81. The maximum absolute atomic E-state index is 12.9. The van der Waals surface area contributed by atoms with Crippen molar-refractivity contribution in [3.63, 3.8) is 0 Å². The summed E-state index contributed by atoms with van der Waals surface area (Å²) in [4.78, 5) is 14.8. The molecule has 5 rings (SSSR count). The zero-order chi connectivity index (χ0) is 20.8. The van der Waals surface area contributed by atoms with Gasteiger partial charge in [0.05, 0.1) is 0 Å². The van der Waals surface area contributed by atoms with Crippen molar-refractivity contribution in [1.82, 2.24) is 10.2 Å². The molecule has 0 aromatic heterocycles. The van der Waals surface area contributed by atoms with Crippen LogP contribution in [0, 0.1) is 6.92 Å². The summed E-state index contributed by atoms with van der Waals surface area (Å²) in [7, 11) is 0. The van der Waals surface area contributed by atoms with Crippen molar-refractivity contribution in [2.24, 2.45) is 0 Å². The van der Waals surface area contributed by atoms with E-state index in [2.05, 4.69) is 36.5 Å². The molecule has 2 atom stereocenters. The van der Waals surface area contributed by atoms with E-state index in [4.69, 9.17) is 4.74 Å². The number of carbonyl (C=O) groups excluding carboxylic acids is 1. The van der Waals surface area contributed by atoms with Gasteiger partial charge in [0.2, 0.25) is 0 Å². The third-order valence-corrected chi connectivity index (χ3v) is 6.85. The van der Waals surface area contributed by atoms with Gasteiger partial charge in [0.15, 0.2) is 0 Å². The van der Waals surface area contributed by atoms with Crippen molar-refractivity contribution in [3.05, 3.63) is 64.2 Å². The number of amides is 1. The third-order valence-electron chi connectivity index (χ3n) is 6.85. The zero-order valence-corrected chi connectivity index (χ0v) is 18.1. The van der Waals surface area contributed by atoms with Crippen LogP contribution in [-0.2, 0) is 0 Å². The minimum Gasteiger partial charge on any atom is -0.456 e.